The van der Waals surface area contributed by atoms with Gasteiger partial charge in [-0.15, -0.1) is 0 Å². The predicted octanol–water partition coefficient (Wildman–Crippen LogP) is 2.34. The van der Waals surface area contributed by atoms with Crippen LogP contribution in [0.5, 0.6) is 0 Å². The molecule has 0 aromatic heterocycles. The zero-order chi connectivity index (χ0) is 14.7. The number of nitrogen functional groups attached to an aromatic ring is 1. The number of benzene rings is 1. The maximum atomic E-state index is 12.4. The minimum Gasteiger partial charge on any atom is -0.398 e. The molecule has 1 aromatic carbocycles. The fourth-order valence-electron chi connectivity index (χ4n) is 2.37. The second-order valence-corrected chi connectivity index (χ2v) is 6.52. The Morgan fingerprint density at radius 3 is 2.95 bits per heavy atom. The Bertz CT molecular complexity index is 486. The van der Waals surface area contributed by atoms with Gasteiger partial charge in [0.25, 0.3) is 0 Å². The van der Waals surface area contributed by atoms with Crippen molar-refractivity contribution in [2.24, 2.45) is 0 Å². The molecule has 0 aliphatic carbocycles. The van der Waals surface area contributed by atoms with Gasteiger partial charge in [-0.25, -0.2) is 0 Å². The van der Waals surface area contributed by atoms with Gasteiger partial charge in [0.1, 0.15) is 0 Å². The minimum absolute atomic E-state index is 0.0260. The molecule has 1 saturated heterocycles. The highest BCUT2D eigenvalue weighted by Crippen LogP contribution is 2.24. The van der Waals surface area contributed by atoms with Crippen LogP contribution < -0.4 is 11.1 Å². The van der Waals surface area contributed by atoms with Gasteiger partial charge in [0.2, 0.25) is 5.91 Å². The molecule has 2 atom stereocenters. The molecule has 20 heavy (non-hydrogen) atoms. The summed E-state index contributed by atoms with van der Waals surface area (Å²) >= 11 is 1.96. The molecular weight excluding hydrogens is 270 g/mol. The van der Waals surface area contributed by atoms with E-state index in [1.54, 1.807) is 0 Å². The summed E-state index contributed by atoms with van der Waals surface area (Å²) in [7, 11) is 2.03. The number of nitrogens with one attached hydrogen (secondary N) is 1. The number of hydrogen-bond acceptors (Lipinski definition) is 4. The lowest BCUT2D eigenvalue weighted by Crippen LogP contribution is -2.45. The summed E-state index contributed by atoms with van der Waals surface area (Å²) in [5.74, 6) is 2.33. The van der Waals surface area contributed by atoms with Crippen molar-refractivity contribution >= 4 is 29.0 Å². The lowest BCUT2D eigenvalue weighted by molar-refractivity contribution is -0.120. The van der Waals surface area contributed by atoms with E-state index < -0.39 is 0 Å². The van der Waals surface area contributed by atoms with E-state index in [2.05, 4.69) is 10.2 Å². The highest BCUT2D eigenvalue weighted by atomic mass is 32.2. The topological polar surface area (TPSA) is 58.4 Å². The Morgan fingerprint density at radius 1 is 1.55 bits per heavy atom. The predicted molar refractivity (Wildman–Crippen MR) is 87.2 cm³/mol. The average molecular weight is 293 g/mol. The van der Waals surface area contributed by atoms with Gasteiger partial charge >= 0.3 is 0 Å². The van der Waals surface area contributed by atoms with Crippen LogP contribution in [0.1, 0.15) is 18.9 Å². The minimum atomic E-state index is -0.139. The van der Waals surface area contributed by atoms with Gasteiger partial charge in [0.15, 0.2) is 0 Å². The first-order valence-corrected chi connectivity index (χ1v) is 8.12. The SMILES string of the molecule is Cc1c(N)cccc1NC(=O)C(C)N(C)C1CCSC1. The van der Waals surface area contributed by atoms with Gasteiger partial charge in [-0.05, 0) is 50.8 Å². The standard InChI is InChI=1S/C15H23N3OS/c1-10-13(16)5-4-6-14(10)17-15(19)11(2)18(3)12-7-8-20-9-12/h4-6,11-12H,7-9,16H2,1-3H3,(H,17,19). The summed E-state index contributed by atoms with van der Waals surface area (Å²) in [6.45, 7) is 3.88. The normalized spacial score (nSPS) is 20.1. The van der Waals surface area contributed by atoms with Crippen molar-refractivity contribution in [3.8, 4) is 0 Å². The molecule has 1 aromatic rings. The smallest absolute Gasteiger partial charge is 0.241 e. The second-order valence-electron chi connectivity index (χ2n) is 5.37. The molecule has 1 fully saturated rings. The monoisotopic (exact) mass is 293 g/mol. The van der Waals surface area contributed by atoms with Crippen LogP contribution in [-0.4, -0.2) is 41.4 Å². The lowest BCUT2D eigenvalue weighted by atomic mass is 10.1. The highest BCUT2D eigenvalue weighted by Gasteiger charge is 2.27. The number of hydrogen-bond donors (Lipinski definition) is 2. The van der Waals surface area contributed by atoms with Crippen molar-refractivity contribution in [2.75, 3.05) is 29.6 Å². The molecule has 1 aliphatic rings. The Morgan fingerprint density at radius 2 is 2.30 bits per heavy atom. The van der Waals surface area contributed by atoms with Crippen molar-refractivity contribution in [3.05, 3.63) is 23.8 Å². The zero-order valence-electron chi connectivity index (χ0n) is 12.3. The van der Waals surface area contributed by atoms with Crippen LogP contribution >= 0.6 is 11.8 Å². The summed E-state index contributed by atoms with van der Waals surface area (Å²) in [6.07, 6.45) is 1.16. The van der Waals surface area contributed by atoms with Crippen LogP contribution in [0, 0.1) is 6.92 Å². The lowest BCUT2D eigenvalue weighted by Gasteiger charge is -2.29. The summed E-state index contributed by atoms with van der Waals surface area (Å²) in [5.41, 5.74) is 8.30. The third kappa shape index (κ3) is 3.27. The first kappa shape index (κ1) is 15.2. The fourth-order valence-corrected chi connectivity index (χ4v) is 3.65. The molecule has 4 nitrogen and oxygen atoms in total. The van der Waals surface area contributed by atoms with Gasteiger partial charge in [-0.1, -0.05) is 6.07 Å². The van der Waals surface area contributed by atoms with E-state index in [9.17, 15) is 4.79 Å². The van der Waals surface area contributed by atoms with E-state index in [1.165, 1.54) is 5.75 Å². The zero-order valence-corrected chi connectivity index (χ0v) is 13.2. The first-order chi connectivity index (χ1) is 9.50. The summed E-state index contributed by atoms with van der Waals surface area (Å²) in [5, 5.41) is 2.99. The van der Waals surface area contributed by atoms with Gasteiger partial charge in [0, 0.05) is 23.2 Å². The summed E-state index contributed by atoms with van der Waals surface area (Å²) in [4.78, 5) is 14.6. The number of nitrogens with zero attached hydrogens (tertiary/aromatic N) is 1. The molecule has 3 N–H and O–H groups in total. The average Bonchev–Trinajstić information content (AvgIpc) is 2.96. The highest BCUT2D eigenvalue weighted by molar-refractivity contribution is 7.99. The Hall–Kier alpha value is -1.20. The molecule has 0 bridgehead atoms. The number of thioether (sulfide) groups is 1. The third-order valence-electron chi connectivity index (χ3n) is 4.11. The van der Waals surface area contributed by atoms with Crippen LogP contribution in [0.4, 0.5) is 11.4 Å². The van der Waals surface area contributed by atoms with E-state index in [-0.39, 0.29) is 11.9 Å². The molecule has 5 heteroatoms. The molecular formula is C15H23N3OS. The molecule has 0 saturated carbocycles. The third-order valence-corrected chi connectivity index (χ3v) is 5.25. The maximum absolute atomic E-state index is 12.4. The molecule has 110 valence electrons. The summed E-state index contributed by atoms with van der Waals surface area (Å²) in [6, 6.07) is 5.96. The molecule has 1 aliphatic heterocycles. The molecule has 0 radical (unpaired) electrons. The first-order valence-electron chi connectivity index (χ1n) is 6.96. The number of anilines is 2. The van der Waals surface area contributed by atoms with Crippen LogP contribution in [0.2, 0.25) is 0 Å². The van der Waals surface area contributed by atoms with E-state index in [0.717, 1.165) is 23.4 Å². The number of likely N-dealkylation sites (N-methyl/N-ethyl adjacent to an activating group) is 1. The van der Waals surface area contributed by atoms with Gasteiger partial charge in [-0.3, -0.25) is 9.69 Å². The van der Waals surface area contributed by atoms with Crippen molar-refractivity contribution in [3.63, 3.8) is 0 Å². The number of rotatable bonds is 4. The van der Waals surface area contributed by atoms with Crippen molar-refractivity contribution in [1.29, 1.82) is 0 Å². The molecule has 0 spiro atoms. The molecule has 2 rings (SSSR count). The van der Waals surface area contributed by atoms with E-state index >= 15 is 0 Å². The number of nitrogens with two attached hydrogens (primary N) is 1. The van der Waals surface area contributed by atoms with Crippen LogP contribution in [-0.2, 0) is 4.79 Å². The van der Waals surface area contributed by atoms with Crippen LogP contribution in [0.15, 0.2) is 18.2 Å². The van der Waals surface area contributed by atoms with Crippen LogP contribution in [0.25, 0.3) is 0 Å². The molecule has 2 unspecified atom stereocenters. The van der Waals surface area contributed by atoms with Crippen molar-refractivity contribution < 1.29 is 4.79 Å². The Balaban J connectivity index is 2.01. The van der Waals surface area contributed by atoms with E-state index in [0.29, 0.717) is 11.7 Å². The molecule has 1 amide bonds. The Labute approximate surface area is 125 Å². The number of amides is 1. The van der Waals surface area contributed by atoms with E-state index in [4.69, 9.17) is 5.73 Å². The summed E-state index contributed by atoms with van der Waals surface area (Å²) < 4.78 is 0. The van der Waals surface area contributed by atoms with Crippen molar-refractivity contribution in [1.82, 2.24) is 4.90 Å². The largest absolute Gasteiger partial charge is 0.398 e. The van der Waals surface area contributed by atoms with Crippen molar-refractivity contribution in [2.45, 2.75) is 32.4 Å². The molecule has 1 heterocycles. The van der Waals surface area contributed by atoms with Gasteiger partial charge < -0.3 is 11.1 Å². The van der Waals surface area contributed by atoms with Gasteiger partial charge in [-0.2, -0.15) is 11.8 Å². The van der Waals surface area contributed by atoms with E-state index in [1.807, 2.05) is 50.9 Å². The quantitative estimate of drug-likeness (QED) is 0.837. The maximum Gasteiger partial charge on any atom is 0.241 e. The van der Waals surface area contributed by atoms with Gasteiger partial charge in [0.05, 0.1) is 6.04 Å². The second kappa shape index (κ2) is 6.50. The number of carbonyl (C=O) groups is 1. The fraction of sp³-hybridized carbons (Fsp3) is 0.533. The Kier molecular flexibility index (Phi) is 4.94. The van der Waals surface area contributed by atoms with Crippen LogP contribution in [0.3, 0.4) is 0 Å². The number of carbonyl (C=O) groups excluding carboxylic acids is 1.